The predicted molar refractivity (Wildman–Crippen MR) is 127 cm³/mol. The van der Waals surface area contributed by atoms with Gasteiger partial charge in [0.15, 0.2) is 0 Å². The molecule has 1 N–H and O–H groups in total. The summed E-state index contributed by atoms with van der Waals surface area (Å²) >= 11 is 9.56. The van der Waals surface area contributed by atoms with E-state index in [0.29, 0.717) is 16.3 Å². The number of nitrogens with one attached hydrogen (secondary N) is 1. The summed E-state index contributed by atoms with van der Waals surface area (Å²) in [6.07, 6.45) is 1.03. The minimum Gasteiger partial charge on any atom is -0.357 e. The standard InChI is InChI=1S/C21H25BrClN3O4S/c1-14-18(23)9-6-10-19(14)26(31(4,29)30)13-20(27)25(15(2)21(28)24-3)12-16-7-5-8-17(22)11-16/h5-11,15H,12-13H2,1-4H3,(H,24,28)/t15-/m0/s1. The van der Waals surface area contributed by atoms with Crippen molar-refractivity contribution in [1.82, 2.24) is 10.2 Å². The summed E-state index contributed by atoms with van der Waals surface area (Å²) in [7, 11) is -2.31. The number of carbonyl (C=O) groups excluding carboxylic acids is 2. The molecule has 0 bridgehead atoms. The number of sulfonamides is 1. The molecule has 0 fully saturated rings. The fourth-order valence-corrected chi connectivity index (χ4v) is 4.60. The molecule has 0 unspecified atom stereocenters. The summed E-state index contributed by atoms with van der Waals surface area (Å²) in [4.78, 5) is 27.0. The number of hydrogen-bond donors (Lipinski definition) is 1. The number of amides is 2. The summed E-state index contributed by atoms with van der Waals surface area (Å²) in [5.41, 5.74) is 1.65. The smallest absolute Gasteiger partial charge is 0.244 e. The highest BCUT2D eigenvalue weighted by atomic mass is 79.9. The van der Waals surface area contributed by atoms with Gasteiger partial charge in [0, 0.05) is 23.1 Å². The van der Waals surface area contributed by atoms with E-state index in [4.69, 9.17) is 11.6 Å². The minimum absolute atomic E-state index is 0.138. The number of carbonyl (C=O) groups is 2. The van der Waals surface area contributed by atoms with Crippen LogP contribution in [0.1, 0.15) is 18.1 Å². The predicted octanol–water partition coefficient (Wildman–Crippen LogP) is 3.34. The van der Waals surface area contributed by atoms with Crippen molar-refractivity contribution in [2.45, 2.75) is 26.4 Å². The Morgan fingerprint density at radius 1 is 1.19 bits per heavy atom. The molecule has 0 aliphatic carbocycles. The SMILES string of the molecule is CNC(=O)[C@H](C)N(Cc1cccc(Br)c1)C(=O)CN(c1cccc(Cl)c1C)S(C)(=O)=O. The van der Waals surface area contributed by atoms with Crippen LogP contribution in [0.2, 0.25) is 5.02 Å². The van der Waals surface area contributed by atoms with Gasteiger partial charge in [-0.25, -0.2) is 8.42 Å². The lowest BCUT2D eigenvalue weighted by atomic mass is 10.1. The van der Waals surface area contributed by atoms with Crippen molar-refractivity contribution in [1.29, 1.82) is 0 Å². The van der Waals surface area contributed by atoms with Gasteiger partial charge in [-0.05, 0) is 49.2 Å². The molecule has 2 amide bonds. The third-order valence-corrected chi connectivity index (χ3v) is 6.87. The van der Waals surface area contributed by atoms with Crippen LogP contribution in [0, 0.1) is 6.92 Å². The van der Waals surface area contributed by atoms with Crippen molar-refractivity contribution in [2.75, 3.05) is 24.2 Å². The van der Waals surface area contributed by atoms with Crippen molar-refractivity contribution in [3.63, 3.8) is 0 Å². The largest absolute Gasteiger partial charge is 0.357 e. The molecule has 0 spiro atoms. The molecule has 31 heavy (non-hydrogen) atoms. The summed E-state index contributed by atoms with van der Waals surface area (Å²) in [6, 6.07) is 11.4. The average Bonchev–Trinajstić information content (AvgIpc) is 2.70. The fourth-order valence-electron chi connectivity index (χ4n) is 3.08. The van der Waals surface area contributed by atoms with Crippen molar-refractivity contribution in [3.8, 4) is 0 Å². The normalized spacial score (nSPS) is 12.2. The molecule has 0 aliphatic rings. The third-order valence-electron chi connectivity index (χ3n) is 4.84. The van der Waals surface area contributed by atoms with Gasteiger partial charge >= 0.3 is 0 Å². The summed E-state index contributed by atoms with van der Waals surface area (Å²) in [5, 5.41) is 2.93. The highest BCUT2D eigenvalue weighted by Gasteiger charge is 2.30. The lowest BCUT2D eigenvalue weighted by Crippen LogP contribution is -2.50. The molecule has 0 radical (unpaired) electrons. The molecular formula is C21H25BrClN3O4S. The first-order valence-electron chi connectivity index (χ1n) is 9.44. The maximum absolute atomic E-state index is 13.3. The number of hydrogen-bond acceptors (Lipinski definition) is 4. The van der Waals surface area contributed by atoms with Gasteiger partial charge in [0.1, 0.15) is 12.6 Å². The second-order valence-corrected chi connectivity index (χ2v) is 10.3. The highest BCUT2D eigenvalue weighted by Crippen LogP contribution is 2.28. The van der Waals surface area contributed by atoms with Gasteiger partial charge in [0.25, 0.3) is 0 Å². The van der Waals surface area contributed by atoms with E-state index in [-0.39, 0.29) is 12.5 Å². The van der Waals surface area contributed by atoms with Crippen LogP contribution >= 0.6 is 27.5 Å². The fraction of sp³-hybridized carbons (Fsp3) is 0.333. The van der Waals surface area contributed by atoms with Crippen LogP contribution in [0.25, 0.3) is 0 Å². The van der Waals surface area contributed by atoms with Crippen LogP contribution in [0.3, 0.4) is 0 Å². The van der Waals surface area contributed by atoms with Crippen LogP contribution in [0.5, 0.6) is 0 Å². The average molecular weight is 531 g/mol. The van der Waals surface area contributed by atoms with Gasteiger partial charge in [0.2, 0.25) is 21.8 Å². The van der Waals surface area contributed by atoms with E-state index in [2.05, 4.69) is 21.2 Å². The number of likely N-dealkylation sites (N-methyl/N-ethyl adjacent to an activating group) is 1. The van der Waals surface area contributed by atoms with E-state index in [1.807, 2.05) is 24.3 Å². The number of nitrogens with zero attached hydrogens (tertiary/aromatic N) is 2. The third kappa shape index (κ3) is 6.44. The summed E-state index contributed by atoms with van der Waals surface area (Å²) in [6.45, 7) is 2.96. The molecule has 0 saturated heterocycles. The molecule has 2 aromatic rings. The highest BCUT2D eigenvalue weighted by molar-refractivity contribution is 9.10. The molecule has 0 aromatic heterocycles. The zero-order chi connectivity index (χ0) is 23.3. The van der Waals surface area contributed by atoms with Gasteiger partial charge in [-0.2, -0.15) is 0 Å². The van der Waals surface area contributed by atoms with Gasteiger partial charge in [-0.15, -0.1) is 0 Å². The molecule has 168 valence electrons. The number of anilines is 1. The molecule has 10 heteroatoms. The summed E-state index contributed by atoms with van der Waals surface area (Å²) in [5.74, 6) is -0.867. The Hall–Kier alpha value is -2.10. The van der Waals surface area contributed by atoms with E-state index < -0.39 is 28.5 Å². The molecule has 1 atom stereocenters. The zero-order valence-electron chi connectivity index (χ0n) is 17.7. The zero-order valence-corrected chi connectivity index (χ0v) is 20.9. The van der Waals surface area contributed by atoms with Crippen LogP contribution in [-0.4, -0.2) is 51.0 Å². The molecule has 0 saturated carbocycles. The number of rotatable bonds is 8. The van der Waals surface area contributed by atoms with E-state index in [9.17, 15) is 18.0 Å². The molecular weight excluding hydrogens is 506 g/mol. The van der Waals surface area contributed by atoms with Crippen molar-refractivity contribution < 1.29 is 18.0 Å². The second-order valence-electron chi connectivity index (χ2n) is 7.10. The molecule has 7 nitrogen and oxygen atoms in total. The maximum atomic E-state index is 13.3. The first kappa shape index (κ1) is 25.2. The Balaban J connectivity index is 2.43. The van der Waals surface area contributed by atoms with Gasteiger partial charge in [-0.3, -0.25) is 13.9 Å². The van der Waals surface area contributed by atoms with Gasteiger partial charge < -0.3 is 10.2 Å². The van der Waals surface area contributed by atoms with Crippen molar-refractivity contribution in [2.24, 2.45) is 0 Å². The molecule has 0 heterocycles. The van der Waals surface area contributed by atoms with Crippen molar-refractivity contribution >= 4 is 55.1 Å². The van der Waals surface area contributed by atoms with E-state index in [0.717, 1.165) is 20.6 Å². The first-order chi connectivity index (χ1) is 14.5. The second kappa shape index (κ2) is 10.5. The minimum atomic E-state index is -3.80. The first-order valence-corrected chi connectivity index (χ1v) is 12.5. The Bertz CT molecular complexity index is 1080. The Kier molecular flexibility index (Phi) is 8.50. The number of benzene rings is 2. The van der Waals surface area contributed by atoms with Crippen LogP contribution in [-0.2, 0) is 26.2 Å². The lowest BCUT2D eigenvalue weighted by Gasteiger charge is -2.31. The topological polar surface area (TPSA) is 86.8 Å². The molecule has 2 aromatic carbocycles. The van der Waals surface area contributed by atoms with E-state index in [1.165, 1.54) is 11.9 Å². The van der Waals surface area contributed by atoms with E-state index in [1.54, 1.807) is 32.0 Å². The van der Waals surface area contributed by atoms with Gasteiger partial charge in [-0.1, -0.05) is 45.7 Å². The lowest BCUT2D eigenvalue weighted by molar-refractivity contribution is -0.139. The molecule has 2 rings (SSSR count). The Labute approximate surface area is 196 Å². The summed E-state index contributed by atoms with van der Waals surface area (Å²) < 4.78 is 26.9. The monoisotopic (exact) mass is 529 g/mol. The quantitative estimate of drug-likeness (QED) is 0.567. The van der Waals surface area contributed by atoms with Crippen LogP contribution < -0.4 is 9.62 Å². The van der Waals surface area contributed by atoms with Crippen LogP contribution in [0.15, 0.2) is 46.9 Å². The molecule has 0 aliphatic heterocycles. The Morgan fingerprint density at radius 3 is 2.42 bits per heavy atom. The van der Waals surface area contributed by atoms with Crippen molar-refractivity contribution in [3.05, 3.63) is 63.1 Å². The maximum Gasteiger partial charge on any atom is 0.244 e. The van der Waals surface area contributed by atoms with E-state index >= 15 is 0 Å². The number of halogens is 2. The Morgan fingerprint density at radius 2 is 1.84 bits per heavy atom. The van der Waals surface area contributed by atoms with Crippen LogP contribution in [0.4, 0.5) is 5.69 Å². The van der Waals surface area contributed by atoms with Gasteiger partial charge in [0.05, 0.1) is 11.9 Å².